The number of carbonyl (C=O) groups excluding carboxylic acids is 1. The van der Waals surface area contributed by atoms with Crippen molar-refractivity contribution in [1.82, 2.24) is 19.9 Å². The standard InChI is InChI=1S/C35H31F2N5O6S/c1-19-39-27-15-14-26(40-32(27)35(44)42(19)29(18-47-4)20-6-10-22(36)11-7-20)24-16-25-30(17-28(24)41(3)49(5,45)46)48-33(31(25)34(43)38-2)21-8-12-23(37)13-9-21/h6-17,29H,18H2,1-5H3,(H,38,43)/t29-/m1/s1. The van der Waals surface area contributed by atoms with Gasteiger partial charge in [0.25, 0.3) is 11.5 Å². The number of methoxy groups -OCH3 is 1. The number of pyridine rings is 1. The van der Waals surface area contributed by atoms with E-state index >= 15 is 0 Å². The van der Waals surface area contributed by atoms with E-state index in [0.29, 0.717) is 27.9 Å². The van der Waals surface area contributed by atoms with Crippen LogP contribution in [0.2, 0.25) is 0 Å². The maximum Gasteiger partial charge on any atom is 0.280 e. The Labute approximate surface area is 279 Å². The van der Waals surface area contributed by atoms with Gasteiger partial charge in [0.15, 0.2) is 5.52 Å². The number of carbonyl (C=O) groups is 1. The Morgan fingerprint density at radius 1 is 1.02 bits per heavy atom. The van der Waals surface area contributed by atoms with Crippen LogP contribution in [0, 0.1) is 18.6 Å². The molecule has 0 aliphatic heterocycles. The minimum Gasteiger partial charge on any atom is -0.455 e. The van der Waals surface area contributed by atoms with E-state index in [1.807, 2.05) is 0 Å². The third kappa shape index (κ3) is 6.16. The fourth-order valence-corrected chi connectivity index (χ4v) is 6.31. The van der Waals surface area contributed by atoms with Crippen molar-refractivity contribution in [2.45, 2.75) is 13.0 Å². The number of hydrogen-bond donors (Lipinski definition) is 1. The summed E-state index contributed by atoms with van der Waals surface area (Å²) in [5.74, 6) is -0.871. The minimum atomic E-state index is -3.83. The molecule has 0 saturated carbocycles. The van der Waals surface area contributed by atoms with Crippen molar-refractivity contribution in [3.63, 3.8) is 0 Å². The van der Waals surface area contributed by atoms with Gasteiger partial charge in [0.2, 0.25) is 10.0 Å². The predicted octanol–water partition coefficient (Wildman–Crippen LogP) is 5.45. The van der Waals surface area contributed by atoms with E-state index in [1.165, 1.54) is 68.2 Å². The summed E-state index contributed by atoms with van der Waals surface area (Å²) in [6.45, 7) is 1.75. The van der Waals surface area contributed by atoms with Crippen LogP contribution in [0.1, 0.15) is 27.8 Å². The second-order valence-electron chi connectivity index (χ2n) is 11.4. The summed E-state index contributed by atoms with van der Waals surface area (Å²) in [6.07, 6.45) is 1.04. The summed E-state index contributed by atoms with van der Waals surface area (Å²) in [4.78, 5) is 36.8. The summed E-state index contributed by atoms with van der Waals surface area (Å²) in [5.41, 5.74) is 1.81. The quantitative estimate of drug-likeness (QED) is 0.212. The van der Waals surface area contributed by atoms with Gasteiger partial charge in [-0.1, -0.05) is 12.1 Å². The van der Waals surface area contributed by atoms with Crippen molar-refractivity contribution < 1.29 is 31.1 Å². The number of rotatable bonds is 9. The SMILES string of the molecule is CNC(=O)c1c(-c2ccc(F)cc2)oc2cc(N(C)S(C)(=O)=O)c(-c3ccc4nc(C)n([C@H](COC)c5ccc(F)cc5)c(=O)c4n3)cc12. The number of amides is 1. The molecule has 0 radical (unpaired) electrons. The van der Waals surface area contributed by atoms with Gasteiger partial charge in [-0.3, -0.25) is 18.5 Å². The van der Waals surface area contributed by atoms with Crippen LogP contribution in [-0.2, 0) is 14.8 Å². The maximum atomic E-state index is 14.2. The van der Waals surface area contributed by atoms with Crippen molar-refractivity contribution in [1.29, 1.82) is 0 Å². The van der Waals surface area contributed by atoms with Crippen LogP contribution in [0.3, 0.4) is 0 Å². The van der Waals surface area contributed by atoms with Crippen molar-refractivity contribution in [3.05, 3.63) is 112 Å². The monoisotopic (exact) mass is 687 g/mol. The molecule has 0 unspecified atom stereocenters. The highest BCUT2D eigenvalue weighted by Gasteiger charge is 2.27. The number of fused-ring (bicyclic) bond motifs is 2. The van der Waals surface area contributed by atoms with Gasteiger partial charge in [0.1, 0.15) is 28.8 Å². The van der Waals surface area contributed by atoms with E-state index in [-0.39, 0.29) is 46.0 Å². The molecule has 0 saturated heterocycles. The Morgan fingerprint density at radius 3 is 2.29 bits per heavy atom. The zero-order valence-corrected chi connectivity index (χ0v) is 27.9. The molecule has 3 aromatic carbocycles. The molecule has 1 atom stereocenters. The second kappa shape index (κ2) is 12.9. The van der Waals surface area contributed by atoms with Crippen LogP contribution in [0.4, 0.5) is 14.5 Å². The molecule has 6 rings (SSSR count). The highest BCUT2D eigenvalue weighted by Crippen LogP contribution is 2.41. The van der Waals surface area contributed by atoms with Gasteiger partial charge < -0.3 is 14.5 Å². The number of benzene rings is 3. The van der Waals surface area contributed by atoms with E-state index < -0.39 is 39.2 Å². The Bertz CT molecular complexity index is 2410. The van der Waals surface area contributed by atoms with E-state index in [4.69, 9.17) is 14.1 Å². The number of ether oxygens (including phenoxy) is 1. The molecule has 1 N–H and O–H groups in total. The van der Waals surface area contributed by atoms with E-state index in [9.17, 15) is 26.8 Å². The topological polar surface area (TPSA) is 137 Å². The molecule has 0 aliphatic carbocycles. The van der Waals surface area contributed by atoms with Crippen LogP contribution < -0.4 is 15.2 Å². The van der Waals surface area contributed by atoms with Crippen molar-refractivity contribution in [2.75, 3.05) is 38.4 Å². The number of hydrogen-bond acceptors (Lipinski definition) is 8. The normalized spacial score (nSPS) is 12.4. The molecule has 6 aromatic rings. The molecular weight excluding hydrogens is 656 g/mol. The van der Waals surface area contributed by atoms with Gasteiger partial charge in [0, 0.05) is 43.8 Å². The molecule has 3 heterocycles. The molecule has 0 fully saturated rings. The lowest BCUT2D eigenvalue weighted by Gasteiger charge is -2.22. The highest BCUT2D eigenvalue weighted by molar-refractivity contribution is 7.92. The minimum absolute atomic E-state index is 0.00918. The van der Waals surface area contributed by atoms with Gasteiger partial charge in [-0.05, 0) is 67.1 Å². The smallest absolute Gasteiger partial charge is 0.280 e. The lowest BCUT2D eigenvalue weighted by atomic mass is 10.0. The fraction of sp³-hybridized carbons (Fsp3) is 0.200. The van der Waals surface area contributed by atoms with Crippen LogP contribution in [0.15, 0.2) is 82.0 Å². The molecule has 252 valence electrons. The molecule has 11 nitrogen and oxygen atoms in total. The second-order valence-corrected chi connectivity index (χ2v) is 13.4. The molecule has 0 aliphatic rings. The van der Waals surface area contributed by atoms with Gasteiger partial charge >= 0.3 is 0 Å². The van der Waals surface area contributed by atoms with Crippen LogP contribution in [-0.4, -0.2) is 62.9 Å². The summed E-state index contributed by atoms with van der Waals surface area (Å²) < 4.78 is 67.3. The van der Waals surface area contributed by atoms with E-state index in [2.05, 4.69) is 10.3 Å². The maximum absolute atomic E-state index is 14.2. The zero-order valence-electron chi connectivity index (χ0n) is 27.1. The number of anilines is 1. The molecule has 0 bridgehead atoms. The Hall–Kier alpha value is -5.47. The largest absolute Gasteiger partial charge is 0.455 e. The molecule has 1 amide bonds. The van der Waals surface area contributed by atoms with Gasteiger partial charge in [-0.25, -0.2) is 27.2 Å². The summed E-state index contributed by atoms with van der Waals surface area (Å²) >= 11 is 0. The number of nitrogens with zero attached hydrogens (tertiary/aromatic N) is 4. The van der Waals surface area contributed by atoms with Crippen molar-refractivity contribution in [3.8, 4) is 22.6 Å². The van der Waals surface area contributed by atoms with Gasteiger partial charge in [-0.15, -0.1) is 0 Å². The Balaban J connectivity index is 1.62. The lowest BCUT2D eigenvalue weighted by molar-refractivity contribution is 0.0964. The fourth-order valence-electron chi connectivity index (χ4n) is 5.80. The molecular formula is C35H31F2N5O6S. The van der Waals surface area contributed by atoms with Crippen molar-refractivity contribution >= 4 is 43.6 Å². The Morgan fingerprint density at radius 2 is 1.67 bits per heavy atom. The molecule has 0 spiro atoms. The molecule has 3 aromatic heterocycles. The number of sulfonamides is 1. The number of nitrogens with one attached hydrogen (secondary N) is 1. The number of furan rings is 1. The summed E-state index contributed by atoms with van der Waals surface area (Å²) in [6, 6.07) is 16.7. The average molecular weight is 688 g/mol. The summed E-state index contributed by atoms with van der Waals surface area (Å²) in [5, 5.41) is 2.93. The predicted molar refractivity (Wildman–Crippen MR) is 182 cm³/mol. The third-order valence-electron chi connectivity index (χ3n) is 8.30. The Kier molecular flexibility index (Phi) is 8.77. The first-order valence-electron chi connectivity index (χ1n) is 15.0. The van der Waals surface area contributed by atoms with Crippen molar-refractivity contribution in [2.24, 2.45) is 0 Å². The lowest BCUT2D eigenvalue weighted by Crippen LogP contribution is -2.31. The van der Waals surface area contributed by atoms with Gasteiger partial charge in [0.05, 0.1) is 41.4 Å². The number of aryl methyl sites for hydroxylation is 1. The van der Waals surface area contributed by atoms with E-state index in [1.54, 1.807) is 37.3 Å². The van der Waals surface area contributed by atoms with Crippen LogP contribution in [0.25, 0.3) is 44.6 Å². The number of aromatic nitrogens is 3. The van der Waals surface area contributed by atoms with Crippen LogP contribution in [0.5, 0.6) is 0 Å². The first-order valence-corrected chi connectivity index (χ1v) is 16.8. The molecule has 49 heavy (non-hydrogen) atoms. The van der Waals surface area contributed by atoms with E-state index in [0.717, 1.165) is 10.6 Å². The summed E-state index contributed by atoms with van der Waals surface area (Å²) in [7, 11) is 0.478. The third-order valence-corrected chi connectivity index (χ3v) is 9.49. The average Bonchev–Trinajstić information content (AvgIpc) is 3.45. The first-order chi connectivity index (χ1) is 23.3. The number of halogens is 2. The van der Waals surface area contributed by atoms with Gasteiger partial charge in [-0.2, -0.15) is 0 Å². The molecule has 14 heteroatoms. The van der Waals surface area contributed by atoms with Crippen LogP contribution >= 0.6 is 0 Å². The first kappa shape index (κ1) is 33.4. The zero-order chi connectivity index (χ0) is 35.2. The highest BCUT2D eigenvalue weighted by atomic mass is 32.2.